The van der Waals surface area contributed by atoms with E-state index in [1.54, 1.807) is 13.3 Å². The third-order valence-electron chi connectivity index (χ3n) is 2.36. The van der Waals surface area contributed by atoms with Crippen molar-refractivity contribution in [3.8, 4) is 17.0 Å². The molecule has 1 aromatic heterocycles. The lowest BCUT2D eigenvalue weighted by atomic mass is 10.1. The van der Waals surface area contributed by atoms with Crippen molar-refractivity contribution in [3.05, 3.63) is 36.0 Å². The highest BCUT2D eigenvalue weighted by atomic mass is 16.5. The molecule has 0 spiro atoms. The first-order valence-corrected chi connectivity index (χ1v) is 4.94. The Morgan fingerprint density at radius 3 is 2.69 bits per heavy atom. The lowest BCUT2D eigenvalue weighted by Crippen LogP contribution is -1.95. The largest absolute Gasteiger partial charge is 0.496 e. The van der Waals surface area contributed by atoms with Crippen LogP contribution < -0.4 is 10.5 Å². The first-order valence-electron chi connectivity index (χ1n) is 4.94. The Labute approximate surface area is 94.1 Å². The van der Waals surface area contributed by atoms with Crippen molar-refractivity contribution in [2.75, 3.05) is 12.8 Å². The summed E-state index contributed by atoms with van der Waals surface area (Å²) < 4.78 is 5.20. The Kier molecular flexibility index (Phi) is 2.72. The number of nitrogen functional groups attached to an aromatic ring is 1. The van der Waals surface area contributed by atoms with Gasteiger partial charge in [0.2, 0.25) is 5.95 Å². The van der Waals surface area contributed by atoms with Crippen LogP contribution in [0.1, 0.15) is 5.56 Å². The number of anilines is 1. The van der Waals surface area contributed by atoms with E-state index in [-0.39, 0.29) is 5.95 Å². The molecule has 0 saturated heterocycles. The van der Waals surface area contributed by atoms with E-state index >= 15 is 0 Å². The zero-order valence-electron chi connectivity index (χ0n) is 9.27. The quantitative estimate of drug-likeness (QED) is 0.832. The van der Waals surface area contributed by atoms with E-state index in [0.717, 1.165) is 22.6 Å². The molecule has 2 rings (SSSR count). The van der Waals surface area contributed by atoms with Crippen LogP contribution in [-0.2, 0) is 0 Å². The molecule has 1 aromatic carbocycles. The van der Waals surface area contributed by atoms with Gasteiger partial charge in [-0.3, -0.25) is 0 Å². The standard InChI is InChI=1S/C12H13N3O/c1-8-7-9(3-4-11(8)16-2)10-5-6-14-12(13)15-10/h3-7H,1-2H3,(H2,13,14,15). The van der Waals surface area contributed by atoms with E-state index in [1.165, 1.54) is 0 Å². The molecule has 0 fully saturated rings. The van der Waals surface area contributed by atoms with Gasteiger partial charge in [-0.2, -0.15) is 0 Å². The summed E-state index contributed by atoms with van der Waals surface area (Å²) in [4.78, 5) is 8.03. The number of benzene rings is 1. The van der Waals surface area contributed by atoms with Gasteiger partial charge >= 0.3 is 0 Å². The maximum atomic E-state index is 5.54. The second-order valence-electron chi connectivity index (χ2n) is 3.48. The lowest BCUT2D eigenvalue weighted by Gasteiger charge is -2.07. The van der Waals surface area contributed by atoms with Gasteiger partial charge in [-0.1, -0.05) is 0 Å². The van der Waals surface area contributed by atoms with Crippen molar-refractivity contribution >= 4 is 5.95 Å². The molecule has 0 aliphatic carbocycles. The Morgan fingerprint density at radius 2 is 2.06 bits per heavy atom. The summed E-state index contributed by atoms with van der Waals surface area (Å²) in [5, 5.41) is 0. The molecule has 2 aromatic rings. The van der Waals surface area contributed by atoms with Gasteiger partial charge in [0.25, 0.3) is 0 Å². The molecule has 16 heavy (non-hydrogen) atoms. The topological polar surface area (TPSA) is 61.0 Å². The van der Waals surface area contributed by atoms with E-state index in [1.807, 2.05) is 31.2 Å². The van der Waals surface area contributed by atoms with E-state index in [4.69, 9.17) is 10.5 Å². The Bertz CT molecular complexity index is 511. The van der Waals surface area contributed by atoms with Crippen LogP contribution in [-0.4, -0.2) is 17.1 Å². The van der Waals surface area contributed by atoms with Crippen molar-refractivity contribution in [2.45, 2.75) is 6.92 Å². The maximum absolute atomic E-state index is 5.54. The van der Waals surface area contributed by atoms with Crippen molar-refractivity contribution in [2.24, 2.45) is 0 Å². The zero-order valence-corrected chi connectivity index (χ0v) is 9.27. The molecule has 0 saturated carbocycles. The van der Waals surface area contributed by atoms with E-state index in [9.17, 15) is 0 Å². The van der Waals surface area contributed by atoms with E-state index in [0.29, 0.717) is 0 Å². The molecule has 0 radical (unpaired) electrons. The van der Waals surface area contributed by atoms with Crippen LogP contribution in [0.15, 0.2) is 30.5 Å². The van der Waals surface area contributed by atoms with E-state index in [2.05, 4.69) is 9.97 Å². The number of aromatic nitrogens is 2. The molecule has 2 N–H and O–H groups in total. The second kappa shape index (κ2) is 4.18. The lowest BCUT2D eigenvalue weighted by molar-refractivity contribution is 0.412. The first-order chi connectivity index (χ1) is 7.70. The van der Waals surface area contributed by atoms with Gasteiger partial charge in [0, 0.05) is 11.8 Å². The van der Waals surface area contributed by atoms with Gasteiger partial charge in [-0.15, -0.1) is 0 Å². The Balaban J connectivity index is 2.45. The summed E-state index contributed by atoms with van der Waals surface area (Å²) in [7, 11) is 1.66. The molecular formula is C12H13N3O. The fourth-order valence-electron chi connectivity index (χ4n) is 1.57. The maximum Gasteiger partial charge on any atom is 0.220 e. The molecule has 0 unspecified atom stereocenters. The summed E-state index contributed by atoms with van der Waals surface area (Å²) in [5.74, 6) is 1.15. The van der Waals surface area contributed by atoms with Gasteiger partial charge < -0.3 is 10.5 Å². The Morgan fingerprint density at radius 1 is 1.25 bits per heavy atom. The van der Waals surface area contributed by atoms with Crippen LogP contribution in [0.2, 0.25) is 0 Å². The summed E-state index contributed by atoms with van der Waals surface area (Å²) in [5.41, 5.74) is 8.43. The molecule has 4 heteroatoms. The van der Waals surface area contributed by atoms with Crippen LogP contribution in [0.4, 0.5) is 5.95 Å². The van der Waals surface area contributed by atoms with Gasteiger partial charge in [0.05, 0.1) is 12.8 Å². The number of rotatable bonds is 2. The number of hydrogen-bond donors (Lipinski definition) is 1. The summed E-state index contributed by atoms with van der Waals surface area (Å²) >= 11 is 0. The fraction of sp³-hybridized carbons (Fsp3) is 0.167. The number of methoxy groups -OCH3 is 1. The summed E-state index contributed by atoms with van der Waals surface area (Å²) in [6.45, 7) is 1.99. The first kappa shape index (κ1) is 10.4. The molecular weight excluding hydrogens is 202 g/mol. The minimum Gasteiger partial charge on any atom is -0.496 e. The molecule has 0 aliphatic rings. The smallest absolute Gasteiger partial charge is 0.220 e. The molecule has 0 bridgehead atoms. The normalized spacial score (nSPS) is 10.1. The zero-order chi connectivity index (χ0) is 11.5. The van der Waals surface area contributed by atoms with Gasteiger partial charge in [0.1, 0.15) is 5.75 Å². The van der Waals surface area contributed by atoms with Crippen LogP contribution >= 0.6 is 0 Å². The molecule has 1 heterocycles. The number of nitrogens with zero attached hydrogens (tertiary/aromatic N) is 2. The van der Waals surface area contributed by atoms with E-state index < -0.39 is 0 Å². The van der Waals surface area contributed by atoms with Crippen molar-refractivity contribution in [3.63, 3.8) is 0 Å². The summed E-state index contributed by atoms with van der Waals surface area (Å²) in [6, 6.07) is 7.72. The van der Waals surface area contributed by atoms with Gasteiger partial charge in [-0.25, -0.2) is 9.97 Å². The highest BCUT2D eigenvalue weighted by Crippen LogP contribution is 2.24. The highest BCUT2D eigenvalue weighted by Gasteiger charge is 2.03. The molecule has 0 amide bonds. The number of aryl methyl sites for hydroxylation is 1. The predicted octanol–water partition coefficient (Wildman–Crippen LogP) is 2.04. The Hall–Kier alpha value is -2.10. The van der Waals surface area contributed by atoms with Crippen molar-refractivity contribution < 1.29 is 4.74 Å². The van der Waals surface area contributed by atoms with Crippen molar-refractivity contribution in [1.82, 2.24) is 9.97 Å². The molecule has 82 valence electrons. The third kappa shape index (κ3) is 1.95. The third-order valence-corrected chi connectivity index (χ3v) is 2.36. The fourth-order valence-corrected chi connectivity index (χ4v) is 1.57. The average molecular weight is 215 g/mol. The minimum atomic E-state index is 0.283. The molecule has 0 atom stereocenters. The second-order valence-corrected chi connectivity index (χ2v) is 3.48. The summed E-state index contributed by atoms with van der Waals surface area (Å²) in [6.07, 6.45) is 1.65. The highest BCUT2D eigenvalue weighted by molar-refractivity contribution is 5.62. The van der Waals surface area contributed by atoms with Crippen LogP contribution in [0.25, 0.3) is 11.3 Å². The van der Waals surface area contributed by atoms with Gasteiger partial charge in [0.15, 0.2) is 0 Å². The minimum absolute atomic E-state index is 0.283. The number of hydrogen-bond acceptors (Lipinski definition) is 4. The van der Waals surface area contributed by atoms with Crippen LogP contribution in [0.3, 0.4) is 0 Å². The average Bonchev–Trinajstić information content (AvgIpc) is 2.29. The SMILES string of the molecule is COc1ccc(-c2ccnc(N)n2)cc1C. The molecule has 0 aliphatic heterocycles. The van der Waals surface area contributed by atoms with Crippen molar-refractivity contribution in [1.29, 1.82) is 0 Å². The predicted molar refractivity (Wildman–Crippen MR) is 63.2 cm³/mol. The van der Waals surface area contributed by atoms with Crippen LogP contribution in [0.5, 0.6) is 5.75 Å². The number of nitrogens with two attached hydrogens (primary N) is 1. The van der Waals surface area contributed by atoms with Crippen LogP contribution in [0, 0.1) is 6.92 Å². The monoisotopic (exact) mass is 215 g/mol. The number of ether oxygens (including phenoxy) is 1. The van der Waals surface area contributed by atoms with Gasteiger partial charge in [-0.05, 0) is 36.8 Å². The molecule has 4 nitrogen and oxygen atoms in total.